The van der Waals surface area contributed by atoms with Gasteiger partial charge in [-0.1, -0.05) is 0 Å². The Kier molecular flexibility index (Phi) is 5.48. The summed E-state index contributed by atoms with van der Waals surface area (Å²) in [6.45, 7) is 3.60. The first-order valence-corrected chi connectivity index (χ1v) is 7.20. The molecule has 0 aliphatic rings. The van der Waals surface area contributed by atoms with Crippen molar-refractivity contribution < 1.29 is 4.79 Å². The molecule has 0 spiro atoms. The number of nitrogens with zero attached hydrogens (tertiary/aromatic N) is 4. The lowest BCUT2D eigenvalue weighted by molar-refractivity contribution is 0.249. The minimum absolute atomic E-state index is 0.0983. The van der Waals surface area contributed by atoms with E-state index in [0.717, 1.165) is 18.7 Å². The maximum Gasteiger partial charge on any atom is 0.320 e. The lowest BCUT2D eigenvalue weighted by Crippen LogP contribution is -2.31. The van der Waals surface area contributed by atoms with Crippen LogP contribution in [0.4, 0.5) is 10.6 Å². The van der Waals surface area contributed by atoms with Crippen LogP contribution in [-0.4, -0.2) is 46.3 Å². The van der Waals surface area contributed by atoms with Crippen LogP contribution in [0.2, 0.25) is 0 Å². The van der Waals surface area contributed by atoms with Crippen molar-refractivity contribution in [2.75, 3.05) is 26.0 Å². The van der Waals surface area contributed by atoms with Gasteiger partial charge in [-0.25, -0.2) is 4.79 Å². The molecule has 0 aromatic carbocycles. The van der Waals surface area contributed by atoms with Gasteiger partial charge in [-0.3, -0.25) is 15.0 Å². The second-order valence-corrected chi connectivity index (χ2v) is 5.37. The number of carbonyl (C=O) groups is 1. The van der Waals surface area contributed by atoms with E-state index in [2.05, 4.69) is 25.6 Å². The quantitative estimate of drug-likeness (QED) is 0.852. The van der Waals surface area contributed by atoms with E-state index in [-0.39, 0.29) is 12.1 Å². The number of pyridine rings is 1. The van der Waals surface area contributed by atoms with Crippen LogP contribution in [-0.2, 0) is 6.54 Å². The Morgan fingerprint density at radius 1 is 1.32 bits per heavy atom. The summed E-state index contributed by atoms with van der Waals surface area (Å²) in [4.78, 5) is 18.0. The third kappa shape index (κ3) is 4.85. The molecule has 2 rings (SSSR count). The largest absolute Gasteiger partial charge is 0.331 e. The first kappa shape index (κ1) is 16.0. The van der Waals surface area contributed by atoms with Crippen LogP contribution >= 0.6 is 0 Å². The summed E-state index contributed by atoms with van der Waals surface area (Å²) in [5, 5.41) is 9.92. The van der Waals surface area contributed by atoms with Crippen LogP contribution in [0.5, 0.6) is 0 Å². The van der Waals surface area contributed by atoms with Crippen LogP contribution in [0.1, 0.15) is 18.5 Å². The van der Waals surface area contributed by atoms with E-state index in [1.54, 1.807) is 18.5 Å². The van der Waals surface area contributed by atoms with E-state index >= 15 is 0 Å². The molecular formula is C15H22N6O. The first-order chi connectivity index (χ1) is 10.5. The molecule has 2 N–H and O–H groups in total. The molecule has 0 saturated carbocycles. The summed E-state index contributed by atoms with van der Waals surface area (Å²) < 4.78 is 1.81. The predicted octanol–water partition coefficient (Wildman–Crippen LogP) is 1.72. The normalized spacial score (nSPS) is 12.2. The van der Waals surface area contributed by atoms with Crippen LogP contribution in [0.25, 0.3) is 0 Å². The second-order valence-electron chi connectivity index (χ2n) is 5.37. The molecule has 1 atom stereocenters. The Morgan fingerprint density at radius 2 is 2.05 bits per heavy atom. The molecule has 2 aromatic rings. The fourth-order valence-electron chi connectivity index (χ4n) is 1.94. The van der Waals surface area contributed by atoms with Gasteiger partial charge in [-0.15, -0.1) is 0 Å². The molecule has 2 amide bonds. The summed E-state index contributed by atoms with van der Waals surface area (Å²) in [5.41, 5.74) is 1.00. The van der Waals surface area contributed by atoms with E-state index in [1.165, 1.54) is 0 Å². The maximum atomic E-state index is 12.0. The number of rotatable bonds is 6. The van der Waals surface area contributed by atoms with Crippen molar-refractivity contribution in [2.45, 2.75) is 19.5 Å². The Labute approximate surface area is 130 Å². The summed E-state index contributed by atoms with van der Waals surface area (Å²) >= 11 is 0. The lowest BCUT2D eigenvalue weighted by Gasteiger charge is -2.14. The first-order valence-electron chi connectivity index (χ1n) is 7.20. The Balaban J connectivity index is 1.84. The van der Waals surface area contributed by atoms with Crippen molar-refractivity contribution in [1.82, 2.24) is 25.0 Å². The fraction of sp³-hybridized carbons (Fsp3) is 0.400. The molecule has 2 heterocycles. The molecule has 22 heavy (non-hydrogen) atoms. The molecule has 7 nitrogen and oxygen atoms in total. The average Bonchev–Trinajstić information content (AvgIpc) is 2.93. The topological polar surface area (TPSA) is 75.1 Å². The number of amides is 2. The van der Waals surface area contributed by atoms with Crippen LogP contribution in [0.3, 0.4) is 0 Å². The van der Waals surface area contributed by atoms with Gasteiger partial charge < -0.3 is 10.2 Å². The Bertz CT molecular complexity index is 595. The third-order valence-corrected chi connectivity index (χ3v) is 3.21. The Hall–Kier alpha value is -2.41. The molecule has 1 unspecified atom stereocenters. The number of likely N-dealkylation sites (N-methyl/N-ethyl adjacent to an activating group) is 1. The van der Waals surface area contributed by atoms with E-state index < -0.39 is 0 Å². The molecule has 0 aliphatic heterocycles. The zero-order chi connectivity index (χ0) is 15.9. The number of nitrogens with one attached hydrogen (secondary N) is 2. The van der Waals surface area contributed by atoms with Crippen molar-refractivity contribution in [1.29, 1.82) is 0 Å². The number of urea groups is 1. The predicted molar refractivity (Wildman–Crippen MR) is 85.6 cm³/mol. The number of aromatic nitrogens is 3. The summed E-state index contributed by atoms with van der Waals surface area (Å²) in [6.07, 6.45) is 5.26. The highest BCUT2D eigenvalue weighted by Crippen LogP contribution is 2.10. The van der Waals surface area contributed by atoms with E-state index in [1.807, 2.05) is 44.0 Å². The molecule has 0 fully saturated rings. The lowest BCUT2D eigenvalue weighted by atomic mass is 10.1. The van der Waals surface area contributed by atoms with Crippen molar-refractivity contribution >= 4 is 11.8 Å². The zero-order valence-corrected chi connectivity index (χ0v) is 13.2. The second kappa shape index (κ2) is 7.56. The van der Waals surface area contributed by atoms with Gasteiger partial charge in [0.2, 0.25) is 0 Å². The monoisotopic (exact) mass is 302 g/mol. The van der Waals surface area contributed by atoms with Gasteiger partial charge in [0.15, 0.2) is 5.82 Å². The van der Waals surface area contributed by atoms with Crippen LogP contribution < -0.4 is 10.6 Å². The van der Waals surface area contributed by atoms with Crippen LogP contribution in [0, 0.1) is 0 Å². The number of anilines is 1. The highest BCUT2D eigenvalue weighted by molar-refractivity contribution is 5.88. The van der Waals surface area contributed by atoms with Gasteiger partial charge in [0.05, 0.1) is 12.6 Å². The molecule has 118 valence electrons. The highest BCUT2D eigenvalue weighted by atomic mass is 16.2. The smallest absolute Gasteiger partial charge is 0.320 e. The summed E-state index contributed by atoms with van der Waals surface area (Å²) in [6, 6.07) is 5.16. The number of hydrogen-bond acceptors (Lipinski definition) is 4. The summed E-state index contributed by atoms with van der Waals surface area (Å²) in [5.74, 6) is 0.540. The van der Waals surface area contributed by atoms with Gasteiger partial charge in [-0.2, -0.15) is 5.10 Å². The SMILES string of the molecule is CC(NC(=O)Nc1ccn(CCN(C)C)n1)c1ccncc1. The fourth-order valence-corrected chi connectivity index (χ4v) is 1.94. The molecular weight excluding hydrogens is 280 g/mol. The number of hydrogen-bond donors (Lipinski definition) is 2. The highest BCUT2D eigenvalue weighted by Gasteiger charge is 2.10. The zero-order valence-electron chi connectivity index (χ0n) is 13.2. The third-order valence-electron chi connectivity index (χ3n) is 3.21. The molecule has 0 aliphatic carbocycles. The standard InChI is InChI=1S/C15H22N6O/c1-12(13-4-7-16-8-5-13)17-15(22)18-14-6-9-21(19-14)11-10-20(2)3/h4-9,12H,10-11H2,1-3H3,(H2,17,18,19,22). The van der Waals surface area contributed by atoms with Crippen molar-refractivity contribution in [2.24, 2.45) is 0 Å². The van der Waals surface area contributed by atoms with Crippen molar-refractivity contribution in [3.63, 3.8) is 0 Å². The minimum atomic E-state index is -0.276. The molecule has 7 heteroatoms. The number of carbonyl (C=O) groups excluding carboxylic acids is 1. The molecule has 0 bridgehead atoms. The van der Waals surface area contributed by atoms with E-state index in [0.29, 0.717) is 5.82 Å². The molecule has 0 radical (unpaired) electrons. The minimum Gasteiger partial charge on any atom is -0.331 e. The van der Waals surface area contributed by atoms with Gasteiger partial charge >= 0.3 is 6.03 Å². The van der Waals surface area contributed by atoms with E-state index in [4.69, 9.17) is 0 Å². The van der Waals surface area contributed by atoms with Gasteiger partial charge in [0, 0.05) is 31.2 Å². The van der Waals surface area contributed by atoms with Crippen LogP contribution in [0.15, 0.2) is 36.8 Å². The van der Waals surface area contributed by atoms with Gasteiger partial charge in [0.1, 0.15) is 0 Å². The van der Waals surface area contributed by atoms with Crippen molar-refractivity contribution in [3.05, 3.63) is 42.4 Å². The van der Waals surface area contributed by atoms with Gasteiger partial charge in [0.25, 0.3) is 0 Å². The molecule has 0 saturated heterocycles. The summed E-state index contributed by atoms with van der Waals surface area (Å²) in [7, 11) is 4.02. The average molecular weight is 302 g/mol. The van der Waals surface area contributed by atoms with E-state index in [9.17, 15) is 4.79 Å². The Morgan fingerprint density at radius 3 is 2.73 bits per heavy atom. The van der Waals surface area contributed by atoms with Gasteiger partial charge in [-0.05, 0) is 38.7 Å². The molecule has 2 aromatic heterocycles. The van der Waals surface area contributed by atoms with Crippen molar-refractivity contribution in [3.8, 4) is 0 Å². The maximum absolute atomic E-state index is 12.0.